The molecular formula is C20H25Cl3N4. The first-order valence-corrected chi connectivity index (χ1v) is 10.6. The van der Waals surface area contributed by atoms with Crippen LogP contribution < -0.4 is 0 Å². The number of hydrogen-bond acceptors (Lipinski definition) is 2. The van der Waals surface area contributed by atoms with Gasteiger partial charge in [0.25, 0.3) is 0 Å². The maximum Gasteiger partial charge on any atom is 0.220 e. The third-order valence-corrected chi connectivity index (χ3v) is 5.47. The van der Waals surface area contributed by atoms with Crippen LogP contribution in [0.5, 0.6) is 0 Å². The molecule has 3 rings (SSSR count). The molecule has 0 N–H and O–H groups in total. The molecule has 0 radical (unpaired) electrons. The van der Waals surface area contributed by atoms with Crippen LogP contribution in [0.15, 0.2) is 24.4 Å². The first-order valence-electron chi connectivity index (χ1n) is 9.44. The van der Waals surface area contributed by atoms with E-state index in [0.29, 0.717) is 15.2 Å². The van der Waals surface area contributed by atoms with E-state index in [4.69, 9.17) is 39.8 Å². The predicted molar refractivity (Wildman–Crippen MR) is 115 cm³/mol. The Morgan fingerprint density at radius 2 is 1.74 bits per heavy atom. The van der Waals surface area contributed by atoms with E-state index in [9.17, 15) is 0 Å². The second-order valence-electron chi connectivity index (χ2n) is 6.69. The van der Waals surface area contributed by atoms with E-state index in [2.05, 4.69) is 30.1 Å². The number of halogens is 3. The van der Waals surface area contributed by atoms with Crippen molar-refractivity contribution in [3.05, 3.63) is 51.0 Å². The minimum Gasteiger partial charge on any atom is -0.298 e. The van der Waals surface area contributed by atoms with Gasteiger partial charge in [-0.3, -0.25) is 13.9 Å². The lowest BCUT2D eigenvalue weighted by atomic mass is 10.2. The highest BCUT2D eigenvalue weighted by Gasteiger charge is 2.20. The van der Waals surface area contributed by atoms with Crippen molar-refractivity contribution in [2.24, 2.45) is 0 Å². The molecule has 0 bridgehead atoms. The first-order chi connectivity index (χ1) is 13.0. The fraction of sp³-hybridized carbons (Fsp3) is 0.450. The Hall–Kier alpha value is -1.20. The lowest BCUT2D eigenvalue weighted by Crippen LogP contribution is -2.26. The highest BCUT2D eigenvalue weighted by molar-refractivity contribution is 6.36. The van der Waals surface area contributed by atoms with Crippen molar-refractivity contribution in [1.82, 2.24) is 18.9 Å². The summed E-state index contributed by atoms with van der Waals surface area (Å²) in [5, 5.41) is 1.71. The lowest BCUT2D eigenvalue weighted by molar-refractivity contribution is 0.262. The summed E-state index contributed by atoms with van der Waals surface area (Å²) in [7, 11) is 0. The molecule has 0 saturated heterocycles. The molecule has 3 aromatic rings. The Balaban J connectivity index is 2.11. The van der Waals surface area contributed by atoms with Crippen LogP contribution in [0.3, 0.4) is 0 Å². The third kappa shape index (κ3) is 4.14. The Morgan fingerprint density at radius 3 is 2.33 bits per heavy atom. The van der Waals surface area contributed by atoms with Crippen molar-refractivity contribution in [3.8, 4) is 5.69 Å². The lowest BCUT2D eigenvalue weighted by Gasteiger charge is -2.21. The van der Waals surface area contributed by atoms with Crippen molar-refractivity contribution >= 4 is 40.6 Å². The monoisotopic (exact) mass is 426 g/mol. The molecule has 0 aliphatic heterocycles. The van der Waals surface area contributed by atoms with E-state index < -0.39 is 0 Å². The zero-order chi connectivity index (χ0) is 19.6. The summed E-state index contributed by atoms with van der Waals surface area (Å²) in [4.78, 5) is 7.36. The summed E-state index contributed by atoms with van der Waals surface area (Å²) in [6.45, 7) is 9.57. The second kappa shape index (κ2) is 8.87. The number of nitrogens with zero attached hydrogens (tertiary/aromatic N) is 4. The van der Waals surface area contributed by atoms with Gasteiger partial charge < -0.3 is 0 Å². The van der Waals surface area contributed by atoms with Crippen LogP contribution in [0.2, 0.25) is 15.2 Å². The largest absolute Gasteiger partial charge is 0.298 e. The topological polar surface area (TPSA) is 25.5 Å². The fourth-order valence-corrected chi connectivity index (χ4v) is 4.26. The molecule has 0 spiro atoms. The van der Waals surface area contributed by atoms with Crippen molar-refractivity contribution in [2.45, 2.75) is 46.6 Å². The smallest absolute Gasteiger partial charge is 0.220 e. The highest BCUT2D eigenvalue weighted by atomic mass is 35.5. The molecule has 0 aliphatic carbocycles. The second-order valence-corrected chi connectivity index (χ2v) is 7.92. The van der Waals surface area contributed by atoms with Gasteiger partial charge in [-0.15, -0.1) is 0 Å². The zero-order valence-electron chi connectivity index (χ0n) is 16.0. The van der Waals surface area contributed by atoms with Gasteiger partial charge in [0, 0.05) is 17.8 Å². The number of benzene rings is 1. The molecule has 4 nitrogen and oxygen atoms in total. The Kier molecular flexibility index (Phi) is 6.74. The molecule has 2 aromatic heterocycles. The van der Waals surface area contributed by atoms with Gasteiger partial charge in [-0.1, -0.05) is 55.6 Å². The van der Waals surface area contributed by atoms with E-state index in [-0.39, 0.29) is 0 Å². The summed E-state index contributed by atoms with van der Waals surface area (Å²) in [6.07, 6.45) is 5.06. The van der Waals surface area contributed by atoms with Crippen LogP contribution in [0.1, 0.15) is 45.0 Å². The van der Waals surface area contributed by atoms with E-state index in [0.717, 1.165) is 56.1 Å². The van der Waals surface area contributed by atoms with Crippen LogP contribution in [0, 0.1) is 0 Å². The van der Waals surface area contributed by atoms with Gasteiger partial charge in [-0.2, -0.15) is 0 Å². The van der Waals surface area contributed by atoms with Crippen LogP contribution in [0.25, 0.3) is 11.5 Å². The zero-order valence-corrected chi connectivity index (χ0v) is 18.2. The summed E-state index contributed by atoms with van der Waals surface area (Å²) in [5.41, 5.74) is 3.07. The maximum absolute atomic E-state index is 6.58. The molecule has 0 saturated carbocycles. The van der Waals surface area contributed by atoms with Crippen molar-refractivity contribution in [1.29, 1.82) is 0 Å². The predicted octanol–water partition coefficient (Wildman–Crippen LogP) is 6.27. The molecule has 27 heavy (non-hydrogen) atoms. The van der Waals surface area contributed by atoms with Crippen LogP contribution in [-0.2, 0) is 13.0 Å². The van der Waals surface area contributed by atoms with Crippen molar-refractivity contribution in [3.63, 3.8) is 0 Å². The average Bonchev–Trinajstić information content (AvgIpc) is 3.11. The van der Waals surface area contributed by atoms with Gasteiger partial charge in [0.2, 0.25) is 5.78 Å². The minimum atomic E-state index is 0.545. The highest BCUT2D eigenvalue weighted by Crippen LogP contribution is 2.31. The summed E-state index contributed by atoms with van der Waals surface area (Å²) >= 11 is 19.1. The number of fused-ring (bicyclic) bond motifs is 1. The normalized spacial score (nSPS) is 11.8. The number of imidazole rings is 2. The van der Waals surface area contributed by atoms with Gasteiger partial charge in [-0.25, -0.2) is 4.98 Å². The van der Waals surface area contributed by atoms with Gasteiger partial charge in [0.15, 0.2) is 0 Å². The van der Waals surface area contributed by atoms with E-state index in [1.807, 2.05) is 22.9 Å². The summed E-state index contributed by atoms with van der Waals surface area (Å²) in [5.74, 6) is 0.781. The standard InChI is InChI=1S/C20H25Cl3N4/c1-4-9-25(10-5-2)12-18-16(6-3)24-20-26(18)13-19(23)27(20)17-8-7-14(21)11-15(17)22/h7-8,11,13H,4-6,9-10,12H2,1-3H3. The van der Waals surface area contributed by atoms with Crippen molar-refractivity contribution < 1.29 is 0 Å². The fourth-order valence-electron chi connectivity index (χ4n) is 3.50. The van der Waals surface area contributed by atoms with E-state index in [1.54, 1.807) is 6.07 Å². The third-order valence-electron chi connectivity index (χ3n) is 4.66. The molecule has 0 fully saturated rings. The number of aromatic nitrogens is 3. The van der Waals surface area contributed by atoms with Gasteiger partial charge in [-0.05, 0) is 50.6 Å². The molecule has 0 atom stereocenters. The Bertz CT molecular complexity index is 923. The molecule has 1 aromatic carbocycles. The number of hydrogen-bond donors (Lipinski definition) is 0. The summed E-state index contributed by atoms with van der Waals surface area (Å²) < 4.78 is 3.98. The molecule has 0 aliphatic rings. The summed E-state index contributed by atoms with van der Waals surface area (Å²) in [6, 6.07) is 5.40. The van der Waals surface area contributed by atoms with Crippen LogP contribution in [0.4, 0.5) is 0 Å². The Morgan fingerprint density at radius 1 is 1.04 bits per heavy atom. The van der Waals surface area contributed by atoms with Crippen LogP contribution in [-0.4, -0.2) is 31.9 Å². The molecule has 7 heteroatoms. The molecule has 0 amide bonds. The number of rotatable bonds is 8. The molecular weight excluding hydrogens is 403 g/mol. The SMILES string of the molecule is CCCN(CCC)Cc1c(CC)nc2n(-c3ccc(Cl)cc3Cl)c(Cl)cn12. The average molecular weight is 428 g/mol. The van der Waals surface area contributed by atoms with Gasteiger partial charge >= 0.3 is 0 Å². The van der Waals surface area contributed by atoms with E-state index >= 15 is 0 Å². The van der Waals surface area contributed by atoms with Gasteiger partial charge in [0.1, 0.15) is 5.15 Å². The van der Waals surface area contributed by atoms with Gasteiger partial charge in [0.05, 0.1) is 22.1 Å². The number of aryl methyl sites for hydroxylation is 1. The first kappa shape index (κ1) is 20.5. The maximum atomic E-state index is 6.58. The molecule has 2 heterocycles. The van der Waals surface area contributed by atoms with Crippen molar-refractivity contribution in [2.75, 3.05) is 13.1 Å². The molecule has 146 valence electrons. The van der Waals surface area contributed by atoms with Crippen LogP contribution >= 0.6 is 34.8 Å². The Labute approximate surface area is 175 Å². The quantitative estimate of drug-likeness (QED) is 0.423. The minimum absolute atomic E-state index is 0.545. The molecule has 0 unspecified atom stereocenters. The van der Waals surface area contributed by atoms with E-state index in [1.165, 1.54) is 5.69 Å².